The van der Waals surface area contributed by atoms with E-state index in [1.165, 1.54) is 0 Å². The second-order valence-electron chi connectivity index (χ2n) is 4.28. The van der Waals surface area contributed by atoms with Crippen LogP contribution in [0.2, 0.25) is 0 Å². The fraction of sp³-hybridized carbons (Fsp3) is 0.417. The van der Waals surface area contributed by atoms with Crippen LogP contribution in [0.5, 0.6) is 0 Å². The van der Waals surface area contributed by atoms with Crippen molar-refractivity contribution in [3.8, 4) is 0 Å². The highest BCUT2D eigenvalue weighted by Gasteiger charge is 2.38. The van der Waals surface area contributed by atoms with Gasteiger partial charge in [0.1, 0.15) is 5.60 Å². The van der Waals surface area contributed by atoms with E-state index in [1.54, 1.807) is 0 Å². The highest BCUT2D eigenvalue weighted by Crippen LogP contribution is 2.34. The Balaban J connectivity index is 2.33. The second-order valence-corrected chi connectivity index (χ2v) is 4.28. The summed E-state index contributed by atoms with van der Waals surface area (Å²) in [4.78, 5) is 4.35. The molecule has 2 heteroatoms. The summed E-state index contributed by atoms with van der Waals surface area (Å²) < 4.78 is 5.90. The van der Waals surface area contributed by atoms with Crippen molar-refractivity contribution in [2.75, 3.05) is 0 Å². The Kier molecular flexibility index (Phi) is 1.96. The van der Waals surface area contributed by atoms with Crippen LogP contribution in [0.3, 0.4) is 0 Å². The molecule has 74 valence electrons. The van der Waals surface area contributed by atoms with Gasteiger partial charge in [0.25, 0.3) is 0 Å². The molecule has 0 radical (unpaired) electrons. The molecule has 0 N–H and O–H groups in total. The van der Waals surface area contributed by atoms with Crippen LogP contribution in [0.4, 0.5) is 0 Å². The number of hydrogen-bond donors (Lipinski definition) is 0. The van der Waals surface area contributed by atoms with Gasteiger partial charge in [-0.15, -0.1) is 0 Å². The van der Waals surface area contributed by atoms with E-state index in [-0.39, 0.29) is 5.60 Å². The van der Waals surface area contributed by atoms with Gasteiger partial charge < -0.3 is 4.74 Å². The van der Waals surface area contributed by atoms with Crippen molar-refractivity contribution in [3.05, 3.63) is 35.9 Å². The van der Waals surface area contributed by atoms with Gasteiger partial charge in [-0.1, -0.05) is 30.3 Å². The zero-order chi connectivity index (χ0) is 10.2. The molecular formula is C12H15NO. The zero-order valence-corrected chi connectivity index (χ0v) is 8.82. The molecule has 0 saturated carbocycles. The average molecular weight is 189 g/mol. The van der Waals surface area contributed by atoms with Crippen molar-refractivity contribution in [3.63, 3.8) is 0 Å². The monoisotopic (exact) mass is 189 g/mol. The number of aliphatic imine (C=N–C) groups is 1. The molecular weight excluding hydrogens is 174 g/mol. The lowest BCUT2D eigenvalue weighted by Crippen LogP contribution is -2.29. The molecule has 0 bridgehead atoms. The quantitative estimate of drug-likeness (QED) is 0.665. The number of benzene rings is 1. The van der Waals surface area contributed by atoms with Crippen molar-refractivity contribution in [1.29, 1.82) is 0 Å². The first kappa shape index (κ1) is 9.41. The first-order valence-electron chi connectivity index (χ1n) is 4.84. The average Bonchev–Trinajstić information content (AvgIpc) is 2.44. The summed E-state index contributed by atoms with van der Waals surface area (Å²) in [6, 6.07) is 10.2. The Hall–Kier alpha value is -1.15. The fourth-order valence-electron chi connectivity index (χ4n) is 1.75. The molecule has 1 unspecified atom stereocenters. The van der Waals surface area contributed by atoms with E-state index in [4.69, 9.17) is 4.74 Å². The van der Waals surface area contributed by atoms with Gasteiger partial charge in [-0.2, -0.15) is 0 Å². The summed E-state index contributed by atoms with van der Waals surface area (Å²) in [6.45, 7) is 5.98. The van der Waals surface area contributed by atoms with E-state index in [2.05, 4.69) is 17.1 Å². The van der Waals surface area contributed by atoms with E-state index in [9.17, 15) is 0 Å². The van der Waals surface area contributed by atoms with Crippen LogP contribution in [0, 0.1) is 0 Å². The molecule has 1 atom stereocenters. The summed E-state index contributed by atoms with van der Waals surface area (Å²) in [5.41, 5.74) is 0.379. The second kappa shape index (κ2) is 2.92. The summed E-state index contributed by atoms with van der Waals surface area (Å²) in [6.07, 6.45) is 1.89. The maximum Gasteiger partial charge on any atom is 0.154 e. The Bertz CT molecular complexity index is 356. The zero-order valence-electron chi connectivity index (χ0n) is 8.82. The van der Waals surface area contributed by atoms with Crippen LogP contribution in [0.1, 0.15) is 26.3 Å². The number of hydrogen-bond acceptors (Lipinski definition) is 2. The molecule has 2 nitrogen and oxygen atoms in total. The minimum Gasteiger partial charge on any atom is -0.338 e. The van der Waals surface area contributed by atoms with E-state index in [0.717, 1.165) is 5.56 Å². The summed E-state index contributed by atoms with van der Waals surface area (Å²) in [5.74, 6) is 0. The van der Waals surface area contributed by atoms with Gasteiger partial charge in [-0.3, -0.25) is 4.99 Å². The van der Waals surface area contributed by atoms with Crippen molar-refractivity contribution >= 4 is 6.21 Å². The standard InChI is InChI=1S/C12H15NO/c1-11(2)13-9-12(3,14-11)10-7-5-4-6-8-10/h4-9H,1-3H3. The fourth-order valence-corrected chi connectivity index (χ4v) is 1.75. The van der Waals surface area contributed by atoms with Gasteiger partial charge in [0, 0.05) is 6.21 Å². The number of ether oxygens (including phenoxy) is 1. The van der Waals surface area contributed by atoms with Gasteiger partial charge in [-0.25, -0.2) is 0 Å². The molecule has 0 fully saturated rings. The van der Waals surface area contributed by atoms with Gasteiger partial charge in [-0.05, 0) is 26.3 Å². The molecule has 1 aromatic carbocycles. The predicted molar refractivity (Wildman–Crippen MR) is 57.5 cm³/mol. The van der Waals surface area contributed by atoms with Gasteiger partial charge in [0.05, 0.1) is 0 Å². The molecule has 0 aromatic heterocycles. The van der Waals surface area contributed by atoms with E-state index in [0.29, 0.717) is 0 Å². The van der Waals surface area contributed by atoms with Crippen LogP contribution in [-0.2, 0) is 10.3 Å². The summed E-state index contributed by atoms with van der Waals surface area (Å²) in [5, 5.41) is 0. The van der Waals surface area contributed by atoms with Crippen LogP contribution in [-0.4, -0.2) is 11.9 Å². The minimum absolute atomic E-state index is 0.370. The molecule has 14 heavy (non-hydrogen) atoms. The van der Waals surface area contributed by atoms with Crippen LogP contribution < -0.4 is 0 Å². The molecule has 1 heterocycles. The molecule has 0 saturated heterocycles. The van der Waals surface area contributed by atoms with Crippen LogP contribution >= 0.6 is 0 Å². The Labute approximate surface area is 84.6 Å². The predicted octanol–water partition coefficient (Wildman–Crippen LogP) is 2.74. The third-order valence-electron chi connectivity index (χ3n) is 2.43. The normalized spacial score (nSPS) is 29.4. The maximum atomic E-state index is 5.90. The molecule has 0 aliphatic carbocycles. The van der Waals surface area contributed by atoms with Gasteiger partial charge in [0.2, 0.25) is 0 Å². The highest BCUT2D eigenvalue weighted by molar-refractivity contribution is 5.73. The number of rotatable bonds is 1. The Morgan fingerprint density at radius 1 is 1.07 bits per heavy atom. The van der Waals surface area contributed by atoms with E-state index in [1.807, 2.05) is 45.2 Å². The number of nitrogens with zero attached hydrogens (tertiary/aromatic N) is 1. The maximum absolute atomic E-state index is 5.90. The summed E-state index contributed by atoms with van der Waals surface area (Å²) >= 11 is 0. The van der Waals surface area contributed by atoms with Gasteiger partial charge >= 0.3 is 0 Å². The molecule has 1 aromatic rings. The van der Waals surface area contributed by atoms with Crippen LogP contribution in [0.15, 0.2) is 35.3 Å². The SMILES string of the molecule is CC1(C)N=CC(C)(c2ccccc2)O1. The lowest BCUT2D eigenvalue weighted by molar-refractivity contribution is -0.0703. The Morgan fingerprint density at radius 3 is 2.21 bits per heavy atom. The largest absolute Gasteiger partial charge is 0.338 e. The van der Waals surface area contributed by atoms with Crippen LogP contribution in [0.25, 0.3) is 0 Å². The topological polar surface area (TPSA) is 21.6 Å². The molecule has 0 spiro atoms. The van der Waals surface area contributed by atoms with Gasteiger partial charge in [0.15, 0.2) is 5.72 Å². The Morgan fingerprint density at radius 2 is 1.71 bits per heavy atom. The lowest BCUT2D eigenvalue weighted by Gasteiger charge is -2.26. The van der Waals surface area contributed by atoms with Crippen molar-refractivity contribution in [2.24, 2.45) is 4.99 Å². The van der Waals surface area contributed by atoms with E-state index >= 15 is 0 Å². The van der Waals surface area contributed by atoms with E-state index < -0.39 is 5.72 Å². The molecule has 1 aliphatic rings. The minimum atomic E-state index is -0.398. The van der Waals surface area contributed by atoms with Crippen molar-refractivity contribution in [2.45, 2.75) is 32.1 Å². The first-order valence-corrected chi connectivity index (χ1v) is 4.84. The van der Waals surface area contributed by atoms with Crippen molar-refractivity contribution in [1.82, 2.24) is 0 Å². The van der Waals surface area contributed by atoms with Crippen molar-refractivity contribution < 1.29 is 4.74 Å². The third kappa shape index (κ3) is 1.58. The third-order valence-corrected chi connectivity index (χ3v) is 2.43. The summed E-state index contributed by atoms with van der Waals surface area (Å²) in [7, 11) is 0. The smallest absolute Gasteiger partial charge is 0.154 e. The highest BCUT2D eigenvalue weighted by atomic mass is 16.5. The first-order chi connectivity index (χ1) is 6.52. The molecule has 1 aliphatic heterocycles. The lowest BCUT2D eigenvalue weighted by atomic mass is 9.98. The molecule has 2 rings (SSSR count). The molecule has 0 amide bonds.